The van der Waals surface area contributed by atoms with Crippen LogP contribution in [0.15, 0.2) is 42.7 Å². The maximum Gasteiger partial charge on any atom is 0.102 e. The fourth-order valence-corrected chi connectivity index (χ4v) is 1.88. The third-order valence-electron chi connectivity index (χ3n) is 2.73. The number of nitrogens with zero attached hydrogens (tertiary/aromatic N) is 4. The minimum absolute atomic E-state index is 0.848. The molecule has 3 rings (SSSR count). The third kappa shape index (κ3) is 1.63. The average Bonchev–Trinajstić information content (AvgIpc) is 2.41. The van der Waals surface area contributed by atoms with Crippen molar-refractivity contribution in [2.45, 2.75) is 6.92 Å². The topological polar surface area (TPSA) is 51.6 Å². The summed E-state index contributed by atoms with van der Waals surface area (Å²) in [6.45, 7) is 1.96. The lowest BCUT2D eigenvalue weighted by Crippen LogP contribution is -1.94. The third-order valence-corrected chi connectivity index (χ3v) is 2.73. The Hall–Kier alpha value is -2.36. The van der Waals surface area contributed by atoms with Gasteiger partial charge in [0.05, 0.1) is 18.1 Å². The lowest BCUT2D eigenvalue weighted by Gasteiger charge is -2.05. The quantitative estimate of drug-likeness (QED) is 0.634. The Labute approximate surface area is 98.4 Å². The maximum atomic E-state index is 4.26. The molecule has 0 aliphatic rings. The highest BCUT2D eigenvalue weighted by Crippen LogP contribution is 2.26. The van der Waals surface area contributed by atoms with Gasteiger partial charge < -0.3 is 0 Å². The minimum atomic E-state index is 0.848. The second-order valence-electron chi connectivity index (χ2n) is 3.81. The van der Waals surface area contributed by atoms with Gasteiger partial charge in [-0.15, -0.1) is 5.10 Å². The molecule has 4 heteroatoms. The molecule has 0 aliphatic carbocycles. The molecule has 0 radical (unpaired) electrons. The van der Waals surface area contributed by atoms with Crippen LogP contribution in [0.1, 0.15) is 5.69 Å². The molecule has 0 spiro atoms. The van der Waals surface area contributed by atoms with E-state index in [9.17, 15) is 0 Å². The lowest BCUT2D eigenvalue weighted by molar-refractivity contribution is 0.994. The van der Waals surface area contributed by atoms with Crippen molar-refractivity contribution in [1.82, 2.24) is 20.4 Å². The Balaban J connectivity index is 2.35. The van der Waals surface area contributed by atoms with Crippen LogP contribution in [-0.2, 0) is 0 Å². The Morgan fingerprint density at radius 1 is 0.882 bits per heavy atom. The summed E-state index contributed by atoms with van der Waals surface area (Å²) in [6.07, 6.45) is 3.36. The molecule has 0 aliphatic heterocycles. The van der Waals surface area contributed by atoms with E-state index in [-0.39, 0.29) is 0 Å². The highest BCUT2D eigenvalue weighted by molar-refractivity contribution is 5.95. The van der Waals surface area contributed by atoms with Gasteiger partial charge in [0.25, 0.3) is 0 Å². The fourth-order valence-electron chi connectivity index (χ4n) is 1.88. The summed E-state index contributed by atoms with van der Waals surface area (Å²) < 4.78 is 0. The smallest absolute Gasteiger partial charge is 0.102 e. The van der Waals surface area contributed by atoms with Gasteiger partial charge in [0.15, 0.2) is 0 Å². The zero-order valence-corrected chi connectivity index (χ0v) is 9.33. The zero-order chi connectivity index (χ0) is 11.7. The summed E-state index contributed by atoms with van der Waals surface area (Å²) in [7, 11) is 0. The molecular formula is C13H10N4. The SMILES string of the molecule is Cc1nnc(-c2ccnnc2)c2ccccc12. The molecule has 4 nitrogen and oxygen atoms in total. The minimum Gasteiger partial charge on any atom is -0.159 e. The van der Waals surface area contributed by atoms with Gasteiger partial charge in [-0.1, -0.05) is 24.3 Å². The zero-order valence-electron chi connectivity index (χ0n) is 9.33. The van der Waals surface area contributed by atoms with Crippen LogP contribution >= 0.6 is 0 Å². The maximum absolute atomic E-state index is 4.26. The van der Waals surface area contributed by atoms with Gasteiger partial charge in [0, 0.05) is 16.3 Å². The summed E-state index contributed by atoms with van der Waals surface area (Å²) in [5.74, 6) is 0. The molecule has 0 saturated carbocycles. The Kier molecular flexibility index (Phi) is 2.26. The molecule has 1 aromatic carbocycles. The Morgan fingerprint density at radius 2 is 1.71 bits per heavy atom. The van der Waals surface area contributed by atoms with Crippen LogP contribution in [0.2, 0.25) is 0 Å². The van der Waals surface area contributed by atoms with Gasteiger partial charge in [0.1, 0.15) is 5.69 Å². The molecule has 3 aromatic rings. The van der Waals surface area contributed by atoms with Crippen LogP contribution in [0.25, 0.3) is 22.0 Å². The van der Waals surface area contributed by atoms with Gasteiger partial charge in [-0.3, -0.25) is 0 Å². The normalized spacial score (nSPS) is 10.6. The number of aromatic nitrogens is 4. The van der Waals surface area contributed by atoms with Crippen LogP contribution in [0.3, 0.4) is 0 Å². The number of fused-ring (bicyclic) bond motifs is 1. The summed E-state index contributed by atoms with van der Waals surface area (Å²) in [5, 5.41) is 18.3. The highest BCUT2D eigenvalue weighted by Gasteiger charge is 2.08. The van der Waals surface area contributed by atoms with Crippen molar-refractivity contribution in [3.05, 3.63) is 48.4 Å². The van der Waals surface area contributed by atoms with E-state index in [0.29, 0.717) is 0 Å². The molecule has 0 unspecified atom stereocenters. The molecular weight excluding hydrogens is 212 g/mol. The van der Waals surface area contributed by atoms with Crippen molar-refractivity contribution in [3.8, 4) is 11.3 Å². The summed E-state index contributed by atoms with van der Waals surface area (Å²) >= 11 is 0. The fraction of sp³-hybridized carbons (Fsp3) is 0.0769. The molecule has 0 fully saturated rings. The first-order valence-electron chi connectivity index (χ1n) is 5.35. The Bertz CT molecular complexity index is 665. The van der Waals surface area contributed by atoms with E-state index in [0.717, 1.165) is 27.7 Å². The van der Waals surface area contributed by atoms with Crippen LogP contribution in [-0.4, -0.2) is 20.4 Å². The van der Waals surface area contributed by atoms with Crippen molar-refractivity contribution in [2.24, 2.45) is 0 Å². The molecule has 0 amide bonds. The van der Waals surface area contributed by atoms with Gasteiger partial charge in [-0.05, 0) is 13.0 Å². The Morgan fingerprint density at radius 3 is 2.47 bits per heavy atom. The number of hydrogen-bond donors (Lipinski definition) is 0. The van der Waals surface area contributed by atoms with E-state index in [1.54, 1.807) is 12.4 Å². The van der Waals surface area contributed by atoms with Crippen molar-refractivity contribution in [2.75, 3.05) is 0 Å². The first kappa shape index (κ1) is 9.84. The summed E-state index contributed by atoms with van der Waals surface area (Å²) in [4.78, 5) is 0. The summed E-state index contributed by atoms with van der Waals surface area (Å²) in [6, 6.07) is 10.00. The molecule has 0 N–H and O–H groups in total. The molecule has 2 aromatic heterocycles. The van der Waals surface area contributed by atoms with Gasteiger partial charge >= 0.3 is 0 Å². The number of benzene rings is 1. The predicted octanol–water partition coefficient (Wildman–Crippen LogP) is 2.40. The highest BCUT2D eigenvalue weighted by atomic mass is 15.1. The van der Waals surface area contributed by atoms with E-state index in [1.165, 1.54) is 0 Å². The molecule has 0 saturated heterocycles. The lowest BCUT2D eigenvalue weighted by atomic mass is 10.1. The van der Waals surface area contributed by atoms with E-state index in [2.05, 4.69) is 26.5 Å². The second-order valence-corrected chi connectivity index (χ2v) is 3.81. The first-order chi connectivity index (χ1) is 8.36. The van der Waals surface area contributed by atoms with Crippen LogP contribution in [0, 0.1) is 6.92 Å². The molecule has 2 heterocycles. The van der Waals surface area contributed by atoms with Crippen molar-refractivity contribution >= 4 is 10.8 Å². The number of aryl methyl sites for hydroxylation is 1. The first-order valence-corrected chi connectivity index (χ1v) is 5.35. The van der Waals surface area contributed by atoms with E-state index in [4.69, 9.17) is 0 Å². The van der Waals surface area contributed by atoms with Gasteiger partial charge in [-0.2, -0.15) is 15.3 Å². The molecule has 82 valence electrons. The molecule has 0 atom stereocenters. The largest absolute Gasteiger partial charge is 0.159 e. The monoisotopic (exact) mass is 222 g/mol. The number of rotatable bonds is 1. The van der Waals surface area contributed by atoms with Crippen molar-refractivity contribution in [1.29, 1.82) is 0 Å². The van der Waals surface area contributed by atoms with E-state index in [1.807, 2.05) is 31.2 Å². The van der Waals surface area contributed by atoms with Crippen molar-refractivity contribution in [3.63, 3.8) is 0 Å². The summed E-state index contributed by atoms with van der Waals surface area (Å²) in [5.41, 5.74) is 2.72. The predicted molar refractivity (Wildman–Crippen MR) is 65.3 cm³/mol. The molecule has 17 heavy (non-hydrogen) atoms. The average molecular weight is 222 g/mol. The second kappa shape index (κ2) is 3.90. The van der Waals surface area contributed by atoms with E-state index >= 15 is 0 Å². The molecule has 0 bridgehead atoms. The standard InChI is InChI=1S/C13H10N4/c1-9-11-4-2-3-5-12(11)13(17-16-9)10-6-7-14-15-8-10/h2-8H,1H3. The van der Waals surface area contributed by atoms with E-state index < -0.39 is 0 Å². The van der Waals surface area contributed by atoms with Crippen LogP contribution in [0.4, 0.5) is 0 Å². The number of hydrogen-bond acceptors (Lipinski definition) is 4. The van der Waals surface area contributed by atoms with Crippen LogP contribution in [0.5, 0.6) is 0 Å². The van der Waals surface area contributed by atoms with Crippen molar-refractivity contribution < 1.29 is 0 Å². The van der Waals surface area contributed by atoms with Gasteiger partial charge in [-0.25, -0.2) is 0 Å². The van der Waals surface area contributed by atoms with Crippen LogP contribution < -0.4 is 0 Å². The van der Waals surface area contributed by atoms with Gasteiger partial charge in [0.2, 0.25) is 0 Å².